The molecule has 0 aliphatic heterocycles. The van der Waals surface area contributed by atoms with E-state index < -0.39 is 21.7 Å². The van der Waals surface area contributed by atoms with Crippen molar-refractivity contribution in [3.63, 3.8) is 0 Å². The van der Waals surface area contributed by atoms with Crippen LogP contribution in [0.2, 0.25) is 0 Å². The van der Waals surface area contributed by atoms with Gasteiger partial charge in [-0.15, -0.1) is 0 Å². The lowest BCUT2D eigenvalue weighted by Gasteiger charge is -2.07. The molecule has 23 heavy (non-hydrogen) atoms. The number of rotatable bonds is 4. The minimum Gasteiger partial charge on any atom is -0.458 e. The number of aromatic nitrogens is 2. The lowest BCUT2D eigenvalue weighted by Crippen LogP contribution is -2.13. The van der Waals surface area contributed by atoms with Gasteiger partial charge >= 0.3 is 0 Å². The van der Waals surface area contributed by atoms with E-state index >= 15 is 0 Å². The first kappa shape index (κ1) is 15.2. The van der Waals surface area contributed by atoms with Gasteiger partial charge in [0.1, 0.15) is 16.3 Å². The quantitative estimate of drug-likeness (QED) is 0.765. The zero-order valence-corrected chi connectivity index (χ0v) is 12.6. The second kappa shape index (κ2) is 5.51. The summed E-state index contributed by atoms with van der Waals surface area (Å²) >= 11 is 0. The molecule has 0 aliphatic carbocycles. The predicted octanol–water partition coefficient (Wildman–Crippen LogP) is 3.06. The van der Waals surface area contributed by atoms with Gasteiger partial charge in [-0.05, 0) is 25.1 Å². The molecule has 3 aromatic rings. The Balaban J connectivity index is 1.95. The van der Waals surface area contributed by atoms with Gasteiger partial charge in [0.25, 0.3) is 10.0 Å². The summed E-state index contributed by atoms with van der Waals surface area (Å²) in [4.78, 5) is -0.105. The fourth-order valence-corrected chi connectivity index (χ4v) is 3.26. The van der Waals surface area contributed by atoms with Crippen LogP contribution in [-0.2, 0) is 10.0 Å². The molecule has 120 valence electrons. The van der Waals surface area contributed by atoms with Crippen LogP contribution in [0.25, 0.3) is 11.5 Å². The number of hydrogen-bond acceptors (Lipinski definition) is 4. The Morgan fingerprint density at radius 3 is 2.61 bits per heavy atom. The van der Waals surface area contributed by atoms with Crippen LogP contribution in [0.3, 0.4) is 0 Å². The van der Waals surface area contributed by atoms with E-state index in [1.807, 2.05) is 0 Å². The predicted molar refractivity (Wildman–Crippen MR) is 78.2 cm³/mol. The Morgan fingerprint density at radius 2 is 1.96 bits per heavy atom. The molecule has 0 saturated carbocycles. The molecule has 2 N–H and O–H groups in total. The second-order valence-corrected chi connectivity index (χ2v) is 6.39. The molecular formula is C14H11F2N3O3S. The normalized spacial score (nSPS) is 11.6. The summed E-state index contributed by atoms with van der Waals surface area (Å²) < 4.78 is 58.4. The Kier molecular flexibility index (Phi) is 3.64. The molecule has 0 amide bonds. The minimum absolute atomic E-state index is 0.0902. The molecule has 6 nitrogen and oxygen atoms in total. The smallest absolute Gasteiger partial charge is 0.265 e. The number of halogens is 2. The molecule has 2 aromatic heterocycles. The van der Waals surface area contributed by atoms with Gasteiger partial charge in [-0.3, -0.25) is 9.82 Å². The first-order valence-corrected chi connectivity index (χ1v) is 7.93. The largest absolute Gasteiger partial charge is 0.458 e. The average molecular weight is 339 g/mol. The molecule has 0 bridgehead atoms. The lowest BCUT2D eigenvalue weighted by atomic mass is 10.3. The van der Waals surface area contributed by atoms with Gasteiger partial charge < -0.3 is 4.42 Å². The third kappa shape index (κ3) is 2.95. The van der Waals surface area contributed by atoms with E-state index in [2.05, 4.69) is 14.9 Å². The summed E-state index contributed by atoms with van der Waals surface area (Å²) in [5.41, 5.74) is 0.426. The monoisotopic (exact) mass is 339 g/mol. The third-order valence-electron chi connectivity index (χ3n) is 3.10. The Hall–Kier alpha value is -2.68. The standard InChI is InChI=1S/C14H11F2N3O3S/c1-8-14(7-13(22-8)12-4-5-17-18-12)23(20,21)19-9-2-3-10(15)11(16)6-9/h2-7,19H,1H3,(H,17,18). The van der Waals surface area contributed by atoms with E-state index in [1.165, 1.54) is 19.2 Å². The molecule has 2 heterocycles. The minimum atomic E-state index is -4.01. The van der Waals surface area contributed by atoms with E-state index in [1.54, 1.807) is 6.07 Å². The number of hydrogen-bond donors (Lipinski definition) is 2. The van der Waals surface area contributed by atoms with E-state index in [9.17, 15) is 17.2 Å². The van der Waals surface area contributed by atoms with Crippen molar-refractivity contribution in [3.05, 3.63) is 53.9 Å². The molecule has 9 heteroatoms. The summed E-state index contributed by atoms with van der Waals surface area (Å²) in [6.45, 7) is 1.49. The molecule has 0 saturated heterocycles. The van der Waals surface area contributed by atoms with Crippen LogP contribution in [-0.4, -0.2) is 18.6 Å². The maximum atomic E-state index is 13.2. The van der Waals surface area contributed by atoms with Crippen molar-refractivity contribution < 1.29 is 21.6 Å². The topological polar surface area (TPSA) is 88.0 Å². The van der Waals surface area contributed by atoms with Crippen molar-refractivity contribution in [1.82, 2.24) is 10.2 Å². The third-order valence-corrected chi connectivity index (χ3v) is 4.59. The highest BCUT2D eigenvalue weighted by Gasteiger charge is 2.23. The van der Waals surface area contributed by atoms with Crippen LogP contribution in [0.1, 0.15) is 5.76 Å². The van der Waals surface area contributed by atoms with Crippen molar-refractivity contribution in [2.75, 3.05) is 4.72 Å². The SMILES string of the molecule is Cc1oc(-c2ccn[nH]2)cc1S(=O)(=O)Nc1ccc(F)c(F)c1. The second-order valence-electron chi connectivity index (χ2n) is 4.74. The Morgan fingerprint density at radius 1 is 1.17 bits per heavy atom. The fraction of sp³-hybridized carbons (Fsp3) is 0.0714. The van der Waals surface area contributed by atoms with Crippen molar-refractivity contribution in [3.8, 4) is 11.5 Å². The molecule has 3 rings (SSSR count). The van der Waals surface area contributed by atoms with Gasteiger partial charge in [-0.25, -0.2) is 17.2 Å². The Bertz CT molecular complexity index is 950. The number of sulfonamides is 1. The van der Waals surface area contributed by atoms with Crippen LogP contribution < -0.4 is 4.72 Å². The number of anilines is 1. The number of benzene rings is 1. The average Bonchev–Trinajstić information content (AvgIpc) is 3.11. The van der Waals surface area contributed by atoms with Crippen molar-refractivity contribution in [2.45, 2.75) is 11.8 Å². The van der Waals surface area contributed by atoms with Crippen LogP contribution in [0, 0.1) is 18.6 Å². The van der Waals surface area contributed by atoms with E-state index in [-0.39, 0.29) is 16.3 Å². The van der Waals surface area contributed by atoms with Crippen LogP contribution in [0.5, 0.6) is 0 Å². The van der Waals surface area contributed by atoms with E-state index in [0.29, 0.717) is 11.5 Å². The first-order valence-electron chi connectivity index (χ1n) is 6.45. The molecular weight excluding hydrogens is 328 g/mol. The number of H-pyrrole nitrogens is 1. The van der Waals surface area contributed by atoms with Crippen molar-refractivity contribution in [2.24, 2.45) is 0 Å². The molecule has 0 radical (unpaired) electrons. The number of nitrogens with zero attached hydrogens (tertiary/aromatic N) is 1. The van der Waals surface area contributed by atoms with Gasteiger partial charge in [0.2, 0.25) is 0 Å². The van der Waals surface area contributed by atoms with Crippen molar-refractivity contribution >= 4 is 15.7 Å². The van der Waals surface area contributed by atoms with Crippen LogP contribution in [0.4, 0.5) is 14.5 Å². The zero-order valence-electron chi connectivity index (χ0n) is 11.8. The number of furan rings is 1. The van der Waals surface area contributed by atoms with E-state index in [0.717, 1.165) is 18.2 Å². The molecule has 0 atom stereocenters. The van der Waals surface area contributed by atoms with Crippen LogP contribution >= 0.6 is 0 Å². The highest BCUT2D eigenvalue weighted by atomic mass is 32.2. The highest BCUT2D eigenvalue weighted by molar-refractivity contribution is 7.92. The summed E-state index contributed by atoms with van der Waals surface area (Å²) in [7, 11) is -4.01. The fourth-order valence-electron chi connectivity index (χ4n) is 2.03. The van der Waals surface area contributed by atoms with Gasteiger partial charge in [-0.2, -0.15) is 5.10 Å². The van der Waals surface area contributed by atoms with Crippen molar-refractivity contribution in [1.29, 1.82) is 0 Å². The maximum Gasteiger partial charge on any atom is 0.265 e. The summed E-state index contributed by atoms with van der Waals surface area (Å²) in [5, 5.41) is 6.42. The number of nitrogens with one attached hydrogen (secondary N) is 2. The van der Waals surface area contributed by atoms with Gasteiger partial charge in [0, 0.05) is 18.3 Å². The summed E-state index contributed by atoms with van der Waals surface area (Å²) in [5.74, 6) is -1.75. The van der Waals surface area contributed by atoms with Crippen LogP contribution in [0.15, 0.2) is 45.8 Å². The molecule has 1 aromatic carbocycles. The molecule has 0 spiro atoms. The van der Waals surface area contributed by atoms with Gasteiger partial charge in [-0.1, -0.05) is 0 Å². The Labute approximate surface area is 130 Å². The van der Waals surface area contributed by atoms with E-state index in [4.69, 9.17) is 4.42 Å². The highest BCUT2D eigenvalue weighted by Crippen LogP contribution is 2.28. The lowest BCUT2D eigenvalue weighted by molar-refractivity contribution is 0.509. The molecule has 0 aliphatic rings. The van der Waals surface area contributed by atoms with Gasteiger partial charge in [0.15, 0.2) is 17.4 Å². The summed E-state index contributed by atoms with van der Waals surface area (Å²) in [6, 6.07) is 5.67. The molecule has 0 fully saturated rings. The molecule has 0 unspecified atom stereocenters. The first-order chi connectivity index (χ1) is 10.9. The maximum absolute atomic E-state index is 13.2. The number of aryl methyl sites for hydroxylation is 1. The summed E-state index contributed by atoms with van der Waals surface area (Å²) in [6.07, 6.45) is 1.50. The number of aromatic amines is 1. The zero-order chi connectivity index (χ0) is 16.6. The van der Waals surface area contributed by atoms with Gasteiger partial charge in [0.05, 0.1) is 5.69 Å².